The Kier molecular flexibility index (Phi) is 19.7. The summed E-state index contributed by atoms with van der Waals surface area (Å²) in [6.45, 7) is 25.3. The van der Waals surface area contributed by atoms with E-state index >= 15 is 0 Å². The smallest absolute Gasteiger partial charge is 0.411 e. The molecule has 15 nitrogen and oxygen atoms in total. The first-order valence-electron chi connectivity index (χ1n) is 25.5. The third-order valence-corrected chi connectivity index (χ3v) is 24.7. The molecule has 0 saturated carbocycles. The molecule has 0 radical (unpaired) electrons. The normalized spacial score (nSPS) is 14.3. The van der Waals surface area contributed by atoms with Gasteiger partial charge in [0, 0.05) is 75.5 Å². The molecule has 4 aromatic carbocycles. The molecule has 0 unspecified atom stereocenters. The number of anilines is 2. The van der Waals surface area contributed by atoms with Crippen LogP contribution in [0.25, 0.3) is 21.3 Å². The molecule has 2 heterocycles. The van der Waals surface area contributed by atoms with E-state index in [4.69, 9.17) is 34.7 Å². The molecular formula is C55H77ClN6O9SSi2. The molecular weight excluding hydrogens is 1010 g/mol. The van der Waals surface area contributed by atoms with E-state index in [2.05, 4.69) is 93.6 Å². The predicted molar refractivity (Wildman–Crippen MR) is 304 cm³/mol. The molecule has 6 rings (SSSR count). The minimum atomic E-state index is -2.32. The number of nitrogens with zero attached hydrogens (tertiary/aromatic N) is 2. The predicted octanol–water partition coefficient (Wildman–Crippen LogP) is 12.7. The van der Waals surface area contributed by atoms with Crippen LogP contribution >= 0.6 is 22.9 Å². The second kappa shape index (κ2) is 25.1. The maximum Gasteiger partial charge on any atom is 0.411 e. The number of carbonyl (C=O) groups is 3. The van der Waals surface area contributed by atoms with E-state index in [0.717, 1.165) is 40.0 Å². The number of halogens is 1. The quantitative estimate of drug-likeness (QED) is 0.0407. The number of aromatic nitrogens is 1. The summed E-state index contributed by atoms with van der Waals surface area (Å²) in [5, 5.41) is 9.42. The molecule has 1 aliphatic heterocycles. The third kappa shape index (κ3) is 15.4. The van der Waals surface area contributed by atoms with Crippen molar-refractivity contribution in [3.05, 3.63) is 105 Å². The fraction of sp³-hybridized carbons (Fsp3) is 0.491. The fourth-order valence-electron chi connectivity index (χ4n) is 8.08. The Labute approximate surface area is 448 Å². The monoisotopic (exact) mass is 1090 g/mol. The van der Waals surface area contributed by atoms with Gasteiger partial charge in [-0.3, -0.25) is 20.2 Å². The molecule has 1 saturated heterocycles. The molecule has 0 aliphatic carbocycles. The number of likely N-dealkylation sites (tertiary alicyclic amines) is 1. The first-order valence-corrected chi connectivity index (χ1v) is 32.5. The van der Waals surface area contributed by atoms with Crippen molar-refractivity contribution in [3.8, 4) is 22.6 Å². The van der Waals surface area contributed by atoms with Crippen molar-refractivity contribution in [3.63, 3.8) is 0 Å². The summed E-state index contributed by atoms with van der Waals surface area (Å²) in [6, 6.07) is 25.0. The number of fused-ring (bicyclic) bond motifs is 1. The van der Waals surface area contributed by atoms with Crippen molar-refractivity contribution in [1.82, 2.24) is 20.1 Å². The van der Waals surface area contributed by atoms with Gasteiger partial charge in [0.25, 0.3) is 8.32 Å². The lowest BCUT2D eigenvalue weighted by molar-refractivity contribution is -0.130. The maximum atomic E-state index is 13.0. The fourth-order valence-corrected chi connectivity index (χ4v) is 11.5. The van der Waals surface area contributed by atoms with Gasteiger partial charge in [-0.25, -0.2) is 9.59 Å². The highest BCUT2D eigenvalue weighted by atomic mass is 35.5. The van der Waals surface area contributed by atoms with E-state index in [1.54, 1.807) is 31.2 Å². The zero-order valence-electron chi connectivity index (χ0n) is 45.3. The summed E-state index contributed by atoms with van der Waals surface area (Å²) in [6.07, 6.45) is 0.396. The molecule has 0 bridgehead atoms. The van der Waals surface area contributed by atoms with Crippen molar-refractivity contribution in [2.75, 3.05) is 64.1 Å². The van der Waals surface area contributed by atoms with E-state index in [1.807, 2.05) is 66.7 Å². The van der Waals surface area contributed by atoms with Crippen molar-refractivity contribution < 1.29 is 37.4 Å². The van der Waals surface area contributed by atoms with Crippen molar-refractivity contribution in [2.24, 2.45) is 0 Å². The Bertz CT molecular complexity index is 2770. The molecule has 1 aromatic heterocycles. The summed E-state index contributed by atoms with van der Waals surface area (Å²) in [7, 11) is -1.23. The summed E-state index contributed by atoms with van der Waals surface area (Å²) in [5.74, 6) is 1.19. The average molecular weight is 1090 g/mol. The van der Waals surface area contributed by atoms with Crippen molar-refractivity contribution in [2.45, 2.75) is 122 Å². The van der Waals surface area contributed by atoms with Crippen LogP contribution in [-0.2, 0) is 25.2 Å². The van der Waals surface area contributed by atoms with Gasteiger partial charge < -0.3 is 43.2 Å². The van der Waals surface area contributed by atoms with Gasteiger partial charge in [-0.15, -0.1) is 0 Å². The number of amides is 3. The Hall–Kier alpha value is -5.22. The average Bonchev–Trinajstić information content (AvgIpc) is 3.74. The second-order valence-electron chi connectivity index (χ2n) is 22.0. The molecule has 19 heteroatoms. The minimum absolute atomic E-state index is 0.00561. The number of thiazole rings is 1. The number of hydrogen-bond acceptors (Lipinski definition) is 12. The lowest BCUT2D eigenvalue weighted by atomic mass is 10.0. The summed E-state index contributed by atoms with van der Waals surface area (Å²) in [5.41, 5.74) is 5.32. The molecule has 0 spiro atoms. The van der Waals surface area contributed by atoms with Gasteiger partial charge in [0.1, 0.15) is 23.1 Å². The van der Waals surface area contributed by atoms with Crippen LogP contribution in [0.15, 0.2) is 83.7 Å². The Balaban J connectivity index is 0.946. The van der Waals surface area contributed by atoms with Crippen molar-refractivity contribution >= 4 is 79.3 Å². The van der Waals surface area contributed by atoms with Crippen molar-refractivity contribution in [1.29, 1.82) is 0 Å². The standard InChI is InChI=1S/C55H77ClN6O9SSi2/c1-54(2,3)73(9,10)70-45-24-23-41(50-49(45)60-53(66)72-50)47(71-74(11,12)55(4,5)6)36-57-35-38-33-42(56)44(34-46(38)67-8)59-51(64)68-32-18-28-61(7)48(63)27-31-62-29-25-39(26-30-62)69-52(65)58-43-22-17-16-21-40(43)37-19-14-13-15-20-37/h13-17,19-24,33-34,39,47,57H,18,25-32,35-36H2,1-12H3,(H,58,65)(H,59,64)(H,60,66)/t47-/m0/s1. The minimum Gasteiger partial charge on any atom is -0.542 e. The number of benzene rings is 4. The molecule has 3 amide bonds. The van der Waals surface area contributed by atoms with Gasteiger partial charge in [0.2, 0.25) is 5.91 Å². The van der Waals surface area contributed by atoms with Crippen LogP contribution in [0.5, 0.6) is 11.5 Å². The van der Waals surface area contributed by atoms with Gasteiger partial charge in [-0.1, -0.05) is 119 Å². The van der Waals surface area contributed by atoms with E-state index < -0.39 is 34.9 Å². The van der Waals surface area contributed by atoms with E-state index in [-0.39, 0.29) is 33.6 Å². The molecule has 74 heavy (non-hydrogen) atoms. The molecule has 5 aromatic rings. The lowest BCUT2D eigenvalue weighted by Crippen LogP contribution is -2.44. The summed E-state index contributed by atoms with van der Waals surface area (Å²) < 4.78 is 31.7. The van der Waals surface area contributed by atoms with Crippen LogP contribution in [0, 0.1) is 0 Å². The van der Waals surface area contributed by atoms with Crippen LogP contribution in [0.4, 0.5) is 21.0 Å². The number of H-pyrrole nitrogens is 1. The molecule has 1 atom stereocenters. The number of hydrogen-bond donors (Lipinski definition) is 4. The van der Waals surface area contributed by atoms with Crippen LogP contribution < -0.4 is 30.0 Å². The second-order valence-corrected chi connectivity index (χ2v) is 32.9. The zero-order chi connectivity index (χ0) is 54.0. The van der Waals surface area contributed by atoms with Crippen LogP contribution in [0.2, 0.25) is 41.3 Å². The topological polar surface area (TPSA) is 173 Å². The highest BCUT2D eigenvalue weighted by Gasteiger charge is 2.41. The van der Waals surface area contributed by atoms with Crippen LogP contribution in [0.3, 0.4) is 0 Å². The van der Waals surface area contributed by atoms with E-state index in [9.17, 15) is 19.2 Å². The third-order valence-electron chi connectivity index (χ3n) is 14.6. The van der Waals surface area contributed by atoms with Crippen LogP contribution in [0.1, 0.15) is 84.5 Å². The number of nitrogens with one attached hydrogen (secondary N) is 4. The molecule has 402 valence electrons. The maximum absolute atomic E-state index is 13.0. The highest BCUT2D eigenvalue weighted by molar-refractivity contribution is 7.16. The van der Waals surface area contributed by atoms with Gasteiger partial charge in [-0.2, -0.15) is 0 Å². The van der Waals surface area contributed by atoms with Gasteiger partial charge in [0.15, 0.2) is 8.32 Å². The Morgan fingerprint density at radius 3 is 2.20 bits per heavy atom. The molecule has 1 aliphatic rings. The first kappa shape index (κ1) is 58.1. The van der Waals surface area contributed by atoms with E-state index in [0.29, 0.717) is 85.3 Å². The number of piperidine rings is 1. The molecule has 4 N–H and O–H groups in total. The van der Waals surface area contributed by atoms with Gasteiger partial charge >= 0.3 is 17.1 Å². The SMILES string of the molecule is COc1cc(NC(=O)OCCCN(C)C(=O)CCN2CCC(OC(=O)Nc3ccccc3-c3ccccc3)CC2)c(Cl)cc1CNC[C@H](O[Si](C)(C)C(C)(C)C)c1ccc(O[Si](C)(C)C(C)(C)C)c2[nH]c(=O)sc12. The number of aromatic amines is 1. The first-order chi connectivity index (χ1) is 34.9. The van der Waals surface area contributed by atoms with Gasteiger partial charge in [0.05, 0.1) is 40.9 Å². The Morgan fingerprint density at radius 1 is 0.865 bits per heavy atom. The summed E-state index contributed by atoms with van der Waals surface area (Å²) in [4.78, 5) is 58.5. The van der Waals surface area contributed by atoms with E-state index in [1.165, 1.54) is 11.3 Å². The van der Waals surface area contributed by atoms with Gasteiger partial charge in [-0.05, 0) is 79.3 Å². The number of ether oxygens (including phenoxy) is 3. The number of rotatable bonds is 21. The Morgan fingerprint density at radius 2 is 1.53 bits per heavy atom. The molecule has 1 fully saturated rings. The largest absolute Gasteiger partial charge is 0.542 e. The lowest BCUT2D eigenvalue weighted by Gasteiger charge is -2.40. The highest BCUT2D eigenvalue weighted by Crippen LogP contribution is 2.44. The number of para-hydroxylation sites is 1. The summed E-state index contributed by atoms with van der Waals surface area (Å²) >= 11 is 7.92. The number of carbonyl (C=O) groups excluding carboxylic acids is 3. The zero-order valence-corrected chi connectivity index (χ0v) is 48.9. The number of methoxy groups -OCH3 is 1. The van der Waals surface area contributed by atoms with Crippen LogP contribution in [-0.4, -0.2) is 109 Å².